The maximum atomic E-state index is 12.9. The number of nitrogens with zero attached hydrogens (tertiary/aromatic N) is 3. The van der Waals surface area contributed by atoms with E-state index in [1.807, 2.05) is 19.1 Å². The minimum Gasteiger partial charge on any atom is -0.301 e. The number of Topliss-reactive ketones (excluding diaryl/α,β-unsaturated/α-hetero) is 1. The molecule has 0 aliphatic carbocycles. The Morgan fingerprint density at radius 1 is 1.10 bits per heavy atom. The third-order valence-corrected chi connectivity index (χ3v) is 5.21. The summed E-state index contributed by atoms with van der Waals surface area (Å²) < 4.78 is 0. The van der Waals surface area contributed by atoms with Crippen LogP contribution in [0.15, 0.2) is 12.1 Å². The van der Waals surface area contributed by atoms with Gasteiger partial charge in [0.1, 0.15) is 12.3 Å². The molecule has 1 N–H and O–H groups in total. The fraction of sp³-hybridized carbons (Fsp3) is 0.450. The maximum Gasteiger partial charge on any atom is 0.358 e. The lowest BCUT2D eigenvalue weighted by Crippen LogP contribution is -2.61. The molecule has 0 saturated carbocycles. The molecule has 4 amide bonds. The van der Waals surface area contributed by atoms with Gasteiger partial charge in [-0.1, -0.05) is 17.7 Å². The second kappa shape index (κ2) is 8.02. The normalized spacial score (nSPS) is 19.6. The average molecular weight is 400 g/mol. The molecule has 9 heteroatoms. The van der Waals surface area contributed by atoms with Gasteiger partial charge in [0.15, 0.2) is 0 Å². The van der Waals surface area contributed by atoms with Crippen molar-refractivity contribution in [3.63, 3.8) is 0 Å². The van der Waals surface area contributed by atoms with Gasteiger partial charge < -0.3 is 4.79 Å². The first-order valence-electron chi connectivity index (χ1n) is 9.54. The summed E-state index contributed by atoms with van der Waals surface area (Å²) in [6.07, 6.45) is 1.63. The van der Waals surface area contributed by atoms with Crippen LogP contribution in [0.4, 0.5) is 4.79 Å². The molecule has 0 bridgehead atoms. The van der Waals surface area contributed by atoms with E-state index < -0.39 is 23.8 Å². The van der Waals surface area contributed by atoms with Gasteiger partial charge in [0.05, 0.1) is 6.54 Å². The van der Waals surface area contributed by atoms with Crippen molar-refractivity contribution in [3.8, 4) is 0 Å². The maximum absolute atomic E-state index is 12.9. The van der Waals surface area contributed by atoms with Crippen molar-refractivity contribution in [3.05, 3.63) is 34.4 Å². The summed E-state index contributed by atoms with van der Waals surface area (Å²) in [6.45, 7) is 5.64. The van der Waals surface area contributed by atoms with Crippen molar-refractivity contribution in [1.82, 2.24) is 20.5 Å². The first-order chi connectivity index (χ1) is 13.7. The highest BCUT2D eigenvalue weighted by atomic mass is 16.2. The number of carbonyl (C=O) groups excluding carboxylic acids is 5. The number of benzene rings is 1. The number of hydrazine groups is 2. The largest absolute Gasteiger partial charge is 0.358 e. The molecule has 2 aliphatic rings. The molecule has 154 valence electrons. The number of aldehydes is 1. The number of amides is 4. The molecule has 2 heterocycles. The van der Waals surface area contributed by atoms with E-state index in [-0.39, 0.29) is 24.4 Å². The average Bonchev–Trinajstić information content (AvgIpc) is 2.79. The van der Waals surface area contributed by atoms with Crippen molar-refractivity contribution < 1.29 is 24.0 Å². The quantitative estimate of drug-likeness (QED) is 0.462. The lowest BCUT2D eigenvalue weighted by atomic mass is 9.96. The van der Waals surface area contributed by atoms with Gasteiger partial charge in [-0.05, 0) is 44.7 Å². The summed E-state index contributed by atoms with van der Waals surface area (Å²) in [7, 11) is 0. The summed E-state index contributed by atoms with van der Waals surface area (Å²) >= 11 is 0. The first kappa shape index (κ1) is 20.5. The van der Waals surface area contributed by atoms with Gasteiger partial charge in [0, 0.05) is 18.5 Å². The molecule has 0 spiro atoms. The van der Waals surface area contributed by atoms with Crippen molar-refractivity contribution in [2.75, 3.05) is 13.1 Å². The second-order valence-corrected chi connectivity index (χ2v) is 7.44. The molecule has 1 atom stereocenters. The molecule has 3 rings (SSSR count). The number of carbonyl (C=O) groups is 5. The van der Waals surface area contributed by atoms with E-state index in [9.17, 15) is 24.0 Å². The van der Waals surface area contributed by atoms with Crippen LogP contribution in [0.3, 0.4) is 0 Å². The van der Waals surface area contributed by atoms with E-state index in [1.165, 1.54) is 5.01 Å². The third-order valence-electron chi connectivity index (χ3n) is 5.21. The Bertz CT molecular complexity index is 874. The smallest absolute Gasteiger partial charge is 0.301 e. The number of rotatable bonds is 4. The summed E-state index contributed by atoms with van der Waals surface area (Å²) in [5.41, 5.74) is 4.94. The number of hydrogen-bond donors (Lipinski definition) is 1. The zero-order valence-corrected chi connectivity index (χ0v) is 16.7. The van der Waals surface area contributed by atoms with E-state index in [2.05, 4.69) is 5.43 Å². The van der Waals surface area contributed by atoms with Crippen molar-refractivity contribution in [1.29, 1.82) is 0 Å². The molecule has 0 radical (unpaired) electrons. The Balaban J connectivity index is 1.83. The van der Waals surface area contributed by atoms with Crippen LogP contribution in [-0.4, -0.2) is 64.1 Å². The van der Waals surface area contributed by atoms with Crippen LogP contribution in [0.2, 0.25) is 0 Å². The van der Waals surface area contributed by atoms with Crippen LogP contribution in [0.25, 0.3) is 0 Å². The Kier molecular flexibility index (Phi) is 5.67. The molecule has 0 aromatic heterocycles. The zero-order chi connectivity index (χ0) is 21.3. The highest BCUT2D eigenvalue weighted by molar-refractivity contribution is 6.43. The number of nitrogens with one attached hydrogen (secondary N) is 1. The topological polar surface area (TPSA) is 107 Å². The fourth-order valence-corrected chi connectivity index (χ4v) is 3.96. The summed E-state index contributed by atoms with van der Waals surface area (Å²) in [4.78, 5) is 62.1. The minimum absolute atomic E-state index is 0.0229. The summed E-state index contributed by atoms with van der Waals surface area (Å²) in [5, 5.41) is 3.28. The highest BCUT2D eigenvalue weighted by Gasteiger charge is 2.41. The SMILES string of the molecule is Cc1cc(C)c(C(=O)C(=O)NN2CCC(=O)N3CCC[C@@H](C=O)N3C2=O)c(C)c1. The molecular formula is C20H24N4O5. The van der Waals surface area contributed by atoms with Gasteiger partial charge in [0.25, 0.3) is 5.78 Å². The van der Waals surface area contributed by atoms with Gasteiger partial charge >= 0.3 is 11.9 Å². The van der Waals surface area contributed by atoms with E-state index in [1.54, 1.807) is 13.8 Å². The summed E-state index contributed by atoms with van der Waals surface area (Å²) in [5.74, 6) is -2.03. The van der Waals surface area contributed by atoms with Crippen LogP contribution in [-0.2, 0) is 14.4 Å². The third kappa shape index (κ3) is 3.85. The predicted molar refractivity (Wildman–Crippen MR) is 102 cm³/mol. The monoisotopic (exact) mass is 400 g/mol. The number of urea groups is 1. The molecule has 29 heavy (non-hydrogen) atoms. The van der Waals surface area contributed by atoms with E-state index >= 15 is 0 Å². The Labute approximate surface area is 168 Å². The van der Waals surface area contributed by atoms with Gasteiger partial charge in [-0.3, -0.25) is 19.8 Å². The Hall–Kier alpha value is -3.23. The van der Waals surface area contributed by atoms with Crippen LogP contribution in [0.5, 0.6) is 0 Å². The molecule has 1 aromatic rings. The van der Waals surface area contributed by atoms with Crippen molar-refractivity contribution >= 4 is 29.9 Å². The van der Waals surface area contributed by atoms with E-state index in [0.29, 0.717) is 36.8 Å². The predicted octanol–water partition coefficient (Wildman–Crippen LogP) is 1.06. The Morgan fingerprint density at radius 2 is 1.76 bits per heavy atom. The lowest BCUT2D eigenvalue weighted by Gasteiger charge is -2.41. The minimum atomic E-state index is -0.964. The molecular weight excluding hydrogens is 376 g/mol. The van der Waals surface area contributed by atoms with Crippen LogP contribution in [0, 0.1) is 20.8 Å². The number of aryl methyl sites for hydroxylation is 3. The second-order valence-electron chi connectivity index (χ2n) is 7.44. The van der Waals surface area contributed by atoms with Gasteiger partial charge in [-0.2, -0.15) is 0 Å². The van der Waals surface area contributed by atoms with Crippen LogP contribution >= 0.6 is 0 Å². The summed E-state index contributed by atoms with van der Waals surface area (Å²) in [6, 6.07) is 2.13. The van der Waals surface area contributed by atoms with Gasteiger partial charge in [-0.25, -0.2) is 19.8 Å². The van der Waals surface area contributed by atoms with Crippen molar-refractivity contribution in [2.24, 2.45) is 0 Å². The van der Waals surface area contributed by atoms with Crippen LogP contribution < -0.4 is 5.43 Å². The Morgan fingerprint density at radius 3 is 2.38 bits per heavy atom. The van der Waals surface area contributed by atoms with Gasteiger partial charge in [-0.15, -0.1) is 0 Å². The first-order valence-corrected chi connectivity index (χ1v) is 9.54. The number of hydrogen-bond acceptors (Lipinski definition) is 5. The molecule has 1 aromatic carbocycles. The molecule has 2 aliphatic heterocycles. The molecule has 0 unspecified atom stereocenters. The van der Waals surface area contributed by atoms with Crippen LogP contribution in [0.1, 0.15) is 46.3 Å². The van der Waals surface area contributed by atoms with E-state index in [4.69, 9.17) is 0 Å². The zero-order valence-electron chi connectivity index (χ0n) is 16.7. The highest BCUT2D eigenvalue weighted by Crippen LogP contribution is 2.22. The fourth-order valence-electron chi connectivity index (χ4n) is 3.96. The molecule has 2 fully saturated rings. The van der Waals surface area contributed by atoms with Crippen molar-refractivity contribution in [2.45, 2.75) is 46.1 Å². The number of fused-ring (bicyclic) bond motifs is 1. The lowest BCUT2D eigenvalue weighted by molar-refractivity contribution is -0.151. The molecule has 9 nitrogen and oxygen atoms in total. The standard InChI is InChI=1S/C20H24N4O5/c1-12-9-13(2)17(14(3)10-12)18(27)19(28)21-22-8-6-16(26)23-7-4-5-15(11-25)24(23)20(22)29/h9-11,15H,4-8H2,1-3H3,(H,21,28)/t15-/m0/s1. The van der Waals surface area contributed by atoms with Gasteiger partial charge in [0.2, 0.25) is 5.91 Å². The van der Waals surface area contributed by atoms with E-state index in [0.717, 1.165) is 15.6 Å². The number of ketones is 1. The molecule has 2 saturated heterocycles.